The summed E-state index contributed by atoms with van der Waals surface area (Å²) in [4.78, 5) is 0.199. The number of hydrogen-bond acceptors (Lipinski definition) is 4. The van der Waals surface area contributed by atoms with E-state index in [1.165, 1.54) is 10.6 Å². The van der Waals surface area contributed by atoms with Gasteiger partial charge in [0.2, 0.25) is 10.0 Å². The first-order valence-corrected chi connectivity index (χ1v) is 11.7. The lowest BCUT2D eigenvalue weighted by Crippen LogP contribution is -2.35. The summed E-state index contributed by atoms with van der Waals surface area (Å²) >= 11 is 0. The predicted molar refractivity (Wildman–Crippen MR) is 102 cm³/mol. The molecular weight excluding hydrogens is 372 g/mol. The second-order valence-electron chi connectivity index (χ2n) is 6.43. The van der Waals surface area contributed by atoms with Gasteiger partial charge in [-0.2, -0.15) is 4.31 Å². The molecule has 0 saturated carbocycles. The summed E-state index contributed by atoms with van der Waals surface area (Å²) in [5.74, 6) is 0. The second kappa shape index (κ2) is 7.02. The molecule has 0 atom stereocenters. The Kier molecular flexibility index (Phi) is 5.09. The van der Waals surface area contributed by atoms with Crippen LogP contribution >= 0.6 is 0 Å². The third-order valence-corrected chi connectivity index (χ3v) is 7.19. The lowest BCUT2D eigenvalue weighted by molar-refractivity contribution is 0.395. The van der Waals surface area contributed by atoms with Crippen LogP contribution in [0.4, 0.5) is 5.69 Å². The fourth-order valence-corrected chi connectivity index (χ4v) is 4.84. The summed E-state index contributed by atoms with van der Waals surface area (Å²) in [6, 6.07) is 12.1. The van der Waals surface area contributed by atoms with Crippen molar-refractivity contribution in [2.45, 2.75) is 31.2 Å². The van der Waals surface area contributed by atoms with Crippen LogP contribution in [0.15, 0.2) is 47.4 Å². The van der Waals surface area contributed by atoms with Gasteiger partial charge in [-0.1, -0.05) is 25.1 Å². The van der Waals surface area contributed by atoms with Gasteiger partial charge >= 0.3 is 0 Å². The van der Waals surface area contributed by atoms with Crippen molar-refractivity contribution in [3.8, 4) is 0 Å². The quantitative estimate of drug-likeness (QED) is 0.844. The van der Waals surface area contributed by atoms with E-state index in [0.29, 0.717) is 18.7 Å². The van der Waals surface area contributed by atoms with Gasteiger partial charge < -0.3 is 0 Å². The molecule has 0 amide bonds. The van der Waals surface area contributed by atoms with Crippen LogP contribution in [0.3, 0.4) is 0 Å². The summed E-state index contributed by atoms with van der Waals surface area (Å²) in [6.45, 7) is 2.71. The third kappa shape index (κ3) is 4.08. The normalized spacial score (nSPS) is 15.5. The number of aryl methyl sites for hydroxylation is 1. The number of benzene rings is 2. The Hall–Kier alpha value is -1.90. The number of hydrogen-bond donors (Lipinski definition) is 1. The smallest absolute Gasteiger partial charge is 0.261 e. The van der Waals surface area contributed by atoms with E-state index in [-0.39, 0.29) is 11.4 Å². The second-order valence-corrected chi connectivity index (χ2v) is 10.1. The largest absolute Gasteiger partial charge is 0.280 e. The highest BCUT2D eigenvalue weighted by molar-refractivity contribution is 7.92. The molecule has 140 valence electrons. The first kappa shape index (κ1) is 18.9. The van der Waals surface area contributed by atoms with Crippen LogP contribution in [-0.4, -0.2) is 33.9 Å². The van der Waals surface area contributed by atoms with Crippen molar-refractivity contribution in [2.24, 2.45) is 0 Å². The summed E-state index contributed by atoms with van der Waals surface area (Å²) in [6.07, 6.45) is 2.65. The minimum Gasteiger partial charge on any atom is -0.280 e. The molecule has 0 bridgehead atoms. The van der Waals surface area contributed by atoms with Crippen molar-refractivity contribution in [1.82, 2.24) is 4.31 Å². The van der Waals surface area contributed by atoms with E-state index >= 15 is 0 Å². The van der Waals surface area contributed by atoms with Gasteiger partial charge in [0.05, 0.1) is 11.2 Å². The van der Waals surface area contributed by atoms with Gasteiger partial charge in [0.1, 0.15) is 0 Å². The van der Waals surface area contributed by atoms with Crippen molar-refractivity contribution in [3.05, 3.63) is 59.2 Å². The van der Waals surface area contributed by atoms with Crippen molar-refractivity contribution in [3.63, 3.8) is 0 Å². The van der Waals surface area contributed by atoms with Crippen molar-refractivity contribution < 1.29 is 16.8 Å². The Morgan fingerprint density at radius 2 is 1.69 bits per heavy atom. The fourth-order valence-electron chi connectivity index (χ4n) is 3.00. The fraction of sp³-hybridized carbons (Fsp3) is 0.333. The minimum atomic E-state index is -3.69. The van der Waals surface area contributed by atoms with Crippen LogP contribution in [0.1, 0.15) is 23.6 Å². The Labute approximate surface area is 155 Å². The maximum atomic E-state index is 12.6. The lowest BCUT2D eigenvalue weighted by Gasteiger charge is -2.27. The molecule has 0 fully saturated rings. The molecule has 1 N–H and O–H groups in total. The van der Waals surface area contributed by atoms with E-state index < -0.39 is 20.0 Å². The van der Waals surface area contributed by atoms with Gasteiger partial charge in [0, 0.05) is 18.8 Å². The molecule has 0 aliphatic carbocycles. The van der Waals surface area contributed by atoms with Crippen molar-refractivity contribution >= 4 is 25.7 Å². The lowest BCUT2D eigenvalue weighted by atomic mass is 10.0. The zero-order valence-corrected chi connectivity index (χ0v) is 16.4. The number of nitrogens with one attached hydrogen (secondary N) is 1. The van der Waals surface area contributed by atoms with Crippen LogP contribution in [-0.2, 0) is 39.4 Å². The molecule has 6 nitrogen and oxygen atoms in total. The molecular formula is C18H22N2O4S2. The first-order valence-electron chi connectivity index (χ1n) is 8.38. The molecule has 1 aliphatic rings. The molecule has 2 aromatic rings. The van der Waals surface area contributed by atoms with Crippen LogP contribution in [0, 0.1) is 0 Å². The van der Waals surface area contributed by atoms with Crippen LogP contribution in [0.25, 0.3) is 0 Å². The Morgan fingerprint density at radius 1 is 1.00 bits per heavy atom. The standard InChI is InChI=1S/C18H22N2O4S2/c1-3-14-4-8-18(9-5-14)26(23,24)19-17-7-6-15-10-11-20(25(2,21)22)13-16(15)12-17/h4-9,12,19H,3,10-11,13H2,1-2H3. The summed E-state index contributed by atoms with van der Waals surface area (Å²) < 4.78 is 52.7. The molecule has 0 aromatic heterocycles. The molecule has 3 rings (SSSR count). The summed E-state index contributed by atoms with van der Waals surface area (Å²) in [5.41, 5.74) is 3.36. The Balaban J connectivity index is 1.84. The van der Waals surface area contributed by atoms with Gasteiger partial charge in [0.15, 0.2) is 0 Å². The van der Waals surface area contributed by atoms with Gasteiger partial charge in [-0.25, -0.2) is 16.8 Å². The van der Waals surface area contributed by atoms with E-state index in [1.807, 2.05) is 13.0 Å². The van der Waals surface area contributed by atoms with E-state index in [2.05, 4.69) is 4.72 Å². The van der Waals surface area contributed by atoms with Crippen LogP contribution < -0.4 is 4.72 Å². The van der Waals surface area contributed by atoms with E-state index in [0.717, 1.165) is 23.1 Å². The topological polar surface area (TPSA) is 83.6 Å². The van der Waals surface area contributed by atoms with Crippen molar-refractivity contribution in [1.29, 1.82) is 0 Å². The maximum Gasteiger partial charge on any atom is 0.261 e. The van der Waals surface area contributed by atoms with E-state index in [4.69, 9.17) is 0 Å². The highest BCUT2D eigenvalue weighted by Crippen LogP contribution is 2.25. The highest BCUT2D eigenvalue weighted by atomic mass is 32.2. The number of nitrogens with zero attached hydrogens (tertiary/aromatic N) is 1. The molecule has 0 spiro atoms. The minimum absolute atomic E-state index is 0.199. The van der Waals surface area contributed by atoms with Gasteiger partial charge in [-0.3, -0.25) is 4.72 Å². The average molecular weight is 395 g/mol. The monoisotopic (exact) mass is 394 g/mol. The molecule has 0 unspecified atom stereocenters. The molecule has 1 aliphatic heterocycles. The SMILES string of the molecule is CCc1ccc(S(=O)(=O)Nc2ccc3c(c2)CN(S(C)(=O)=O)CC3)cc1. The number of anilines is 1. The van der Waals surface area contributed by atoms with Crippen molar-refractivity contribution in [2.75, 3.05) is 17.5 Å². The van der Waals surface area contributed by atoms with Crippen LogP contribution in [0.2, 0.25) is 0 Å². The molecule has 8 heteroatoms. The molecule has 2 aromatic carbocycles. The zero-order chi connectivity index (χ0) is 18.9. The van der Waals surface area contributed by atoms with Gasteiger partial charge in [-0.05, 0) is 53.8 Å². The molecule has 0 radical (unpaired) electrons. The van der Waals surface area contributed by atoms with Crippen LogP contribution in [0.5, 0.6) is 0 Å². The first-order chi connectivity index (χ1) is 12.2. The van der Waals surface area contributed by atoms with Gasteiger partial charge in [0.25, 0.3) is 10.0 Å². The zero-order valence-electron chi connectivity index (χ0n) is 14.8. The summed E-state index contributed by atoms with van der Waals surface area (Å²) in [5, 5.41) is 0. The van der Waals surface area contributed by atoms with Gasteiger partial charge in [-0.15, -0.1) is 0 Å². The Bertz CT molecular complexity index is 1010. The molecule has 1 heterocycles. The molecule has 0 saturated heterocycles. The van der Waals surface area contributed by atoms with E-state index in [9.17, 15) is 16.8 Å². The number of fused-ring (bicyclic) bond motifs is 1. The Morgan fingerprint density at radius 3 is 2.31 bits per heavy atom. The maximum absolute atomic E-state index is 12.6. The highest BCUT2D eigenvalue weighted by Gasteiger charge is 2.24. The third-order valence-electron chi connectivity index (χ3n) is 4.55. The molecule has 26 heavy (non-hydrogen) atoms. The number of rotatable bonds is 5. The number of sulfonamides is 2. The average Bonchev–Trinajstić information content (AvgIpc) is 2.60. The predicted octanol–water partition coefficient (Wildman–Crippen LogP) is 2.37. The summed E-state index contributed by atoms with van der Waals surface area (Å²) in [7, 11) is -6.96. The van der Waals surface area contributed by atoms with E-state index in [1.54, 1.807) is 36.4 Å².